The molecule has 0 aliphatic carbocycles. The minimum absolute atomic E-state index is 0.431. The maximum absolute atomic E-state index is 5.52. The molecule has 1 aromatic carbocycles. The molecule has 1 N–H and O–H groups in total. The molecule has 3 heteroatoms. The van der Waals surface area contributed by atoms with Crippen molar-refractivity contribution in [1.29, 1.82) is 0 Å². The summed E-state index contributed by atoms with van der Waals surface area (Å²) < 4.78 is 5.52. The van der Waals surface area contributed by atoms with E-state index in [-0.39, 0.29) is 0 Å². The topological polar surface area (TPSA) is 24.5 Å². The zero-order valence-corrected chi connectivity index (χ0v) is 11.8. The van der Waals surface area contributed by atoms with E-state index < -0.39 is 0 Å². The lowest BCUT2D eigenvalue weighted by Gasteiger charge is -2.36. The van der Waals surface area contributed by atoms with Crippen LogP contribution in [-0.2, 0) is 11.3 Å². The van der Waals surface area contributed by atoms with E-state index in [0.29, 0.717) is 12.0 Å². The molecule has 2 heterocycles. The van der Waals surface area contributed by atoms with Crippen molar-refractivity contribution in [1.82, 2.24) is 10.2 Å². The second-order valence-electron chi connectivity index (χ2n) is 5.79. The van der Waals surface area contributed by atoms with Gasteiger partial charge in [0.2, 0.25) is 0 Å². The zero-order valence-electron chi connectivity index (χ0n) is 11.8. The Hall–Kier alpha value is -0.900. The zero-order chi connectivity index (χ0) is 13.1. The van der Waals surface area contributed by atoms with Gasteiger partial charge in [-0.1, -0.05) is 24.3 Å². The van der Waals surface area contributed by atoms with Gasteiger partial charge in [-0.2, -0.15) is 0 Å². The van der Waals surface area contributed by atoms with Crippen LogP contribution in [0, 0.1) is 0 Å². The van der Waals surface area contributed by atoms with Crippen molar-refractivity contribution in [2.45, 2.75) is 31.4 Å². The molecule has 2 aliphatic heterocycles. The Kier molecular flexibility index (Phi) is 4.16. The minimum atomic E-state index is 0.431. The summed E-state index contributed by atoms with van der Waals surface area (Å²) >= 11 is 0. The van der Waals surface area contributed by atoms with Crippen molar-refractivity contribution in [3.8, 4) is 0 Å². The highest BCUT2D eigenvalue weighted by molar-refractivity contribution is 5.32. The molecular formula is C16H24N2O. The first kappa shape index (κ1) is 13.1. The molecule has 1 fully saturated rings. The van der Waals surface area contributed by atoms with Crippen molar-refractivity contribution in [2.24, 2.45) is 0 Å². The van der Waals surface area contributed by atoms with Crippen LogP contribution < -0.4 is 5.32 Å². The number of hydrogen-bond donors (Lipinski definition) is 1. The SMILES string of the molecule is COC1CCCN(CC2CNCc3ccccc32)C1. The normalized spacial score (nSPS) is 28.1. The van der Waals surface area contributed by atoms with E-state index in [1.54, 1.807) is 5.56 Å². The fraction of sp³-hybridized carbons (Fsp3) is 0.625. The predicted molar refractivity (Wildman–Crippen MR) is 77.4 cm³/mol. The van der Waals surface area contributed by atoms with Crippen molar-refractivity contribution < 1.29 is 4.74 Å². The van der Waals surface area contributed by atoms with Gasteiger partial charge >= 0.3 is 0 Å². The summed E-state index contributed by atoms with van der Waals surface area (Å²) in [4.78, 5) is 2.58. The maximum Gasteiger partial charge on any atom is 0.0698 e. The third-order valence-electron chi connectivity index (χ3n) is 4.48. The van der Waals surface area contributed by atoms with Gasteiger partial charge in [-0.25, -0.2) is 0 Å². The van der Waals surface area contributed by atoms with Crippen molar-refractivity contribution in [3.05, 3.63) is 35.4 Å². The lowest BCUT2D eigenvalue weighted by molar-refractivity contribution is 0.0290. The molecular weight excluding hydrogens is 236 g/mol. The highest BCUT2D eigenvalue weighted by atomic mass is 16.5. The molecule has 2 aliphatic rings. The molecule has 0 saturated carbocycles. The van der Waals surface area contributed by atoms with Crippen LogP contribution in [0.2, 0.25) is 0 Å². The second kappa shape index (κ2) is 6.04. The predicted octanol–water partition coefficient (Wildman–Crippen LogP) is 1.98. The Morgan fingerprint density at radius 2 is 2.26 bits per heavy atom. The van der Waals surface area contributed by atoms with E-state index in [1.165, 1.54) is 24.9 Å². The fourth-order valence-corrected chi connectivity index (χ4v) is 3.43. The lowest BCUT2D eigenvalue weighted by Crippen LogP contribution is -2.43. The van der Waals surface area contributed by atoms with Crippen LogP contribution in [0.3, 0.4) is 0 Å². The van der Waals surface area contributed by atoms with E-state index in [9.17, 15) is 0 Å². The summed E-state index contributed by atoms with van der Waals surface area (Å²) in [5.74, 6) is 0.626. The average molecular weight is 260 g/mol. The molecule has 3 nitrogen and oxygen atoms in total. The number of nitrogens with zero attached hydrogens (tertiary/aromatic N) is 1. The van der Waals surface area contributed by atoms with Crippen LogP contribution in [0.25, 0.3) is 0 Å². The number of likely N-dealkylation sites (tertiary alicyclic amines) is 1. The first-order chi connectivity index (χ1) is 9.36. The highest BCUT2D eigenvalue weighted by Gasteiger charge is 2.25. The van der Waals surface area contributed by atoms with Crippen LogP contribution in [0.1, 0.15) is 29.9 Å². The molecule has 0 radical (unpaired) electrons. The van der Waals surface area contributed by atoms with Gasteiger partial charge in [0.1, 0.15) is 0 Å². The molecule has 1 aromatic rings. The quantitative estimate of drug-likeness (QED) is 0.899. The van der Waals surface area contributed by atoms with Gasteiger partial charge in [0.05, 0.1) is 6.10 Å². The van der Waals surface area contributed by atoms with Gasteiger partial charge in [0, 0.05) is 39.2 Å². The van der Waals surface area contributed by atoms with E-state index in [4.69, 9.17) is 4.74 Å². The summed E-state index contributed by atoms with van der Waals surface area (Å²) in [6, 6.07) is 8.87. The van der Waals surface area contributed by atoms with Crippen molar-refractivity contribution >= 4 is 0 Å². The van der Waals surface area contributed by atoms with Crippen LogP contribution in [0.4, 0.5) is 0 Å². The Morgan fingerprint density at radius 1 is 1.37 bits per heavy atom. The number of nitrogens with one attached hydrogen (secondary N) is 1. The summed E-state index contributed by atoms with van der Waals surface area (Å²) in [6.07, 6.45) is 2.91. The van der Waals surface area contributed by atoms with Gasteiger partial charge in [-0.05, 0) is 30.5 Å². The first-order valence-corrected chi connectivity index (χ1v) is 7.40. The summed E-state index contributed by atoms with van der Waals surface area (Å²) in [5, 5.41) is 3.55. The second-order valence-corrected chi connectivity index (χ2v) is 5.79. The van der Waals surface area contributed by atoms with Crippen LogP contribution >= 0.6 is 0 Å². The number of rotatable bonds is 3. The number of benzene rings is 1. The molecule has 0 aromatic heterocycles. The van der Waals surface area contributed by atoms with Crippen LogP contribution in [0.5, 0.6) is 0 Å². The number of methoxy groups -OCH3 is 1. The summed E-state index contributed by atoms with van der Waals surface area (Å²) in [6.45, 7) is 5.59. The standard InChI is InChI=1S/C16H24N2O/c1-19-15-6-4-8-18(12-15)11-14-10-17-9-13-5-2-3-7-16(13)14/h2-3,5,7,14-15,17H,4,6,8-12H2,1H3. The number of fused-ring (bicyclic) bond motifs is 1. The van der Waals surface area contributed by atoms with E-state index in [2.05, 4.69) is 34.5 Å². The Labute approximate surface area is 115 Å². The average Bonchev–Trinajstić information content (AvgIpc) is 2.48. The van der Waals surface area contributed by atoms with Gasteiger partial charge in [-0.15, -0.1) is 0 Å². The smallest absolute Gasteiger partial charge is 0.0698 e. The van der Waals surface area contributed by atoms with Gasteiger partial charge in [0.25, 0.3) is 0 Å². The first-order valence-electron chi connectivity index (χ1n) is 7.40. The summed E-state index contributed by atoms with van der Waals surface area (Å²) in [7, 11) is 1.84. The molecule has 104 valence electrons. The lowest BCUT2D eigenvalue weighted by atomic mass is 9.90. The monoisotopic (exact) mass is 260 g/mol. The Bertz CT molecular complexity index is 421. The number of ether oxygens (including phenoxy) is 1. The fourth-order valence-electron chi connectivity index (χ4n) is 3.43. The number of piperidine rings is 1. The van der Waals surface area contributed by atoms with Gasteiger partial charge in [-0.3, -0.25) is 0 Å². The number of hydrogen-bond acceptors (Lipinski definition) is 3. The molecule has 3 rings (SSSR count). The molecule has 0 bridgehead atoms. The van der Waals surface area contributed by atoms with Gasteiger partial charge < -0.3 is 15.0 Å². The van der Waals surface area contributed by atoms with Crippen LogP contribution in [0.15, 0.2) is 24.3 Å². The third kappa shape index (κ3) is 2.99. The third-order valence-corrected chi connectivity index (χ3v) is 4.48. The van der Waals surface area contributed by atoms with Crippen molar-refractivity contribution in [3.63, 3.8) is 0 Å². The van der Waals surface area contributed by atoms with Gasteiger partial charge in [0.15, 0.2) is 0 Å². The molecule has 0 spiro atoms. The van der Waals surface area contributed by atoms with E-state index in [1.807, 2.05) is 7.11 Å². The molecule has 0 amide bonds. The Morgan fingerprint density at radius 3 is 3.16 bits per heavy atom. The molecule has 2 atom stereocenters. The molecule has 19 heavy (non-hydrogen) atoms. The minimum Gasteiger partial charge on any atom is -0.380 e. The summed E-state index contributed by atoms with van der Waals surface area (Å²) in [5.41, 5.74) is 3.01. The highest BCUT2D eigenvalue weighted by Crippen LogP contribution is 2.26. The van der Waals surface area contributed by atoms with E-state index in [0.717, 1.165) is 26.2 Å². The molecule has 2 unspecified atom stereocenters. The Balaban J connectivity index is 1.67. The maximum atomic E-state index is 5.52. The van der Waals surface area contributed by atoms with E-state index >= 15 is 0 Å². The van der Waals surface area contributed by atoms with Crippen molar-refractivity contribution in [2.75, 3.05) is 33.3 Å². The van der Waals surface area contributed by atoms with Crippen LogP contribution in [-0.4, -0.2) is 44.3 Å². The largest absolute Gasteiger partial charge is 0.380 e. The molecule has 1 saturated heterocycles.